The maximum atomic E-state index is 12.3. The molecule has 0 bridgehead atoms. The van der Waals surface area contributed by atoms with Gasteiger partial charge in [0.1, 0.15) is 5.01 Å². The third kappa shape index (κ3) is 4.84. The van der Waals surface area contributed by atoms with Gasteiger partial charge >= 0.3 is 0 Å². The fourth-order valence-corrected chi connectivity index (χ4v) is 3.64. The summed E-state index contributed by atoms with van der Waals surface area (Å²) in [6.07, 6.45) is 3.82. The Bertz CT molecular complexity index is 696. The molecule has 3 rings (SSSR count). The molecule has 134 valence electrons. The fourth-order valence-electron chi connectivity index (χ4n) is 2.83. The van der Waals surface area contributed by atoms with E-state index in [9.17, 15) is 4.79 Å². The first-order chi connectivity index (χ1) is 12.0. The van der Waals surface area contributed by atoms with Crippen LogP contribution in [0.2, 0.25) is 0 Å². The van der Waals surface area contributed by atoms with Crippen molar-refractivity contribution in [1.82, 2.24) is 20.2 Å². The van der Waals surface area contributed by atoms with Gasteiger partial charge in [-0.15, -0.1) is 11.3 Å². The van der Waals surface area contributed by atoms with Crippen LogP contribution in [-0.2, 0) is 16.0 Å². The second-order valence-electron chi connectivity index (χ2n) is 6.75. The highest BCUT2D eigenvalue weighted by atomic mass is 32.1. The van der Waals surface area contributed by atoms with Gasteiger partial charge in [-0.1, -0.05) is 0 Å². The van der Waals surface area contributed by atoms with Gasteiger partial charge < -0.3 is 10.1 Å². The van der Waals surface area contributed by atoms with E-state index in [1.54, 1.807) is 12.4 Å². The number of carbonyl (C=O) groups is 1. The number of amides is 1. The molecule has 0 aromatic carbocycles. The van der Waals surface area contributed by atoms with E-state index < -0.39 is 0 Å². The van der Waals surface area contributed by atoms with Crippen LogP contribution in [0.1, 0.15) is 19.5 Å². The summed E-state index contributed by atoms with van der Waals surface area (Å²) < 4.78 is 5.40. The van der Waals surface area contributed by atoms with Crippen LogP contribution >= 0.6 is 11.3 Å². The smallest absolute Gasteiger partial charge is 0.226 e. The number of hydrogen-bond donors (Lipinski definition) is 1. The lowest BCUT2D eigenvalue weighted by Gasteiger charge is -2.40. The summed E-state index contributed by atoms with van der Waals surface area (Å²) in [5, 5.41) is 5.88. The van der Waals surface area contributed by atoms with Crippen LogP contribution in [0.4, 0.5) is 0 Å². The van der Waals surface area contributed by atoms with Crippen molar-refractivity contribution in [1.29, 1.82) is 0 Å². The SMILES string of the molecule is CC(C)(CNC(=O)Cc1csc(-c2cccnc2)n1)N1CCOCC1. The highest BCUT2D eigenvalue weighted by Gasteiger charge is 2.28. The van der Waals surface area contributed by atoms with Gasteiger partial charge in [-0.2, -0.15) is 0 Å². The molecular formula is C18H24N4O2S. The van der Waals surface area contributed by atoms with Crippen LogP contribution in [-0.4, -0.2) is 59.2 Å². The quantitative estimate of drug-likeness (QED) is 0.853. The number of thiazole rings is 1. The zero-order chi connectivity index (χ0) is 17.7. The summed E-state index contributed by atoms with van der Waals surface area (Å²) in [7, 11) is 0. The third-order valence-corrected chi connectivity index (χ3v) is 5.33. The van der Waals surface area contributed by atoms with Crippen molar-refractivity contribution >= 4 is 17.2 Å². The molecule has 0 atom stereocenters. The molecule has 1 aliphatic heterocycles. The predicted molar refractivity (Wildman–Crippen MR) is 98.5 cm³/mol. The van der Waals surface area contributed by atoms with Crippen molar-refractivity contribution in [2.24, 2.45) is 0 Å². The normalized spacial score (nSPS) is 15.9. The van der Waals surface area contributed by atoms with E-state index in [-0.39, 0.29) is 11.4 Å². The standard InChI is InChI=1S/C18H24N4O2S/c1-18(2,22-6-8-24-9-7-22)13-20-16(23)10-15-12-25-17(21-15)14-4-3-5-19-11-14/h3-5,11-12H,6-10,13H2,1-2H3,(H,20,23). The summed E-state index contributed by atoms with van der Waals surface area (Å²) in [4.78, 5) is 23.3. The van der Waals surface area contributed by atoms with Crippen LogP contribution in [0.5, 0.6) is 0 Å². The molecule has 1 amide bonds. The number of rotatable bonds is 6. The Kier molecular flexibility index (Phi) is 5.78. The van der Waals surface area contributed by atoms with Crippen LogP contribution in [0.3, 0.4) is 0 Å². The van der Waals surface area contributed by atoms with Gasteiger partial charge in [0, 0.05) is 48.5 Å². The van der Waals surface area contributed by atoms with Crippen LogP contribution < -0.4 is 5.32 Å². The molecule has 0 radical (unpaired) electrons. The van der Waals surface area contributed by atoms with E-state index in [1.165, 1.54) is 11.3 Å². The lowest BCUT2D eigenvalue weighted by atomic mass is 10.0. The number of carbonyl (C=O) groups excluding carboxylic acids is 1. The average Bonchev–Trinajstić information content (AvgIpc) is 3.10. The van der Waals surface area contributed by atoms with Gasteiger partial charge in [0.25, 0.3) is 0 Å². The largest absolute Gasteiger partial charge is 0.379 e. The number of pyridine rings is 1. The van der Waals surface area contributed by atoms with Crippen molar-refractivity contribution < 1.29 is 9.53 Å². The van der Waals surface area contributed by atoms with Crippen LogP contribution in [0.25, 0.3) is 10.6 Å². The van der Waals surface area contributed by atoms with Crippen LogP contribution in [0.15, 0.2) is 29.9 Å². The van der Waals surface area contributed by atoms with Crippen LogP contribution in [0, 0.1) is 0 Å². The number of morpholine rings is 1. The van der Waals surface area contributed by atoms with Gasteiger partial charge in [-0.3, -0.25) is 14.7 Å². The molecule has 1 aliphatic rings. The molecule has 7 heteroatoms. The van der Waals surface area contributed by atoms with Gasteiger partial charge in [-0.25, -0.2) is 4.98 Å². The van der Waals surface area contributed by atoms with Crippen molar-refractivity contribution in [2.75, 3.05) is 32.8 Å². The van der Waals surface area contributed by atoms with Crippen molar-refractivity contribution in [3.8, 4) is 10.6 Å². The van der Waals surface area contributed by atoms with E-state index in [2.05, 4.69) is 34.0 Å². The third-order valence-electron chi connectivity index (χ3n) is 4.39. The molecule has 3 heterocycles. The predicted octanol–water partition coefficient (Wildman–Crippen LogP) is 1.97. The molecule has 1 fully saturated rings. The van der Waals surface area contributed by atoms with Gasteiger partial charge in [-0.05, 0) is 26.0 Å². The van der Waals surface area contributed by atoms with E-state index in [4.69, 9.17) is 4.74 Å². The first-order valence-corrected chi connectivity index (χ1v) is 9.37. The topological polar surface area (TPSA) is 67.4 Å². The van der Waals surface area contributed by atoms with Gasteiger partial charge in [0.05, 0.1) is 25.3 Å². The Balaban J connectivity index is 1.52. The molecule has 0 spiro atoms. The summed E-state index contributed by atoms with van der Waals surface area (Å²) in [5.74, 6) is 0.00405. The minimum Gasteiger partial charge on any atom is -0.379 e. The lowest BCUT2D eigenvalue weighted by Crippen LogP contribution is -2.55. The van der Waals surface area contributed by atoms with Gasteiger partial charge in [0.2, 0.25) is 5.91 Å². The van der Waals surface area contributed by atoms with E-state index in [1.807, 2.05) is 17.5 Å². The minimum absolute atomic E-state index is 0.00405. The zero-order valence-electron chi connectivity index (χ0n) is 14.7. The monoisotopic (exact) mass is 360 g/mol. The highest BCUT2D eigenvalue weighted by molar-refractivity contribution is 7.13. The lowest BCUT2D eigenvalue weighted by molar-refractivity contribution is -0.121. The highest BCUT2D eigenvalue weighted by Crippen LogP contribution is 2.22. The average molecular weight is 360 g/mol. The molecule has 25 heavy (non-hydrogen) atoms. The Labute approximate surface area is 152 Å². The number of aromatic nitrogens is 2. The number of ether oxygens (including phenoxy) is 1. The number of nitrogens with zero attached hydrogens (tertiary/aromatic N) is 3. The fraction of sp³-hybridized carbons (Fsp3) is 0.500. The summed E-state index contributed by atoms with van der Waals surface area (Å²) >= 11 is 1.54. The zero-order valence-corrected chi connectivity index (χ0v) is 15.5. The summed E-state index contributed by atoms with van der Waals surface area (Å²) in [5.41, 5.74) is 1.70. The molecule has 0 saturated carbocycles. The second-order valence-corrected chi connectivity index (χ2v) is 7.61. The van der Waals surface area contributed by atoms with E-state index in [0.717, 1.165) is 42.6 Å². The molecule has 6 nitrogen and oxygen atoms in total. The van der Waals surface area contributed by atoms with Crippen molar-refractivity contribution in [3.05, 3.63) is 35.6 Å². The van der Waals surface area contributed by atoms with Gasteiger partial charge in [0.15, 0.2) is 0 Å². The Morgan fingerprint density at radius 3 is 2.92 bits per heavy atom. The minimum atomic E-state index is -0.0810. The Morgan fingerprint density at radius 2 is 2.20 bits per heavy atom. The van der Waals surface area contributed by atoms with Crippen molar-refractivity contribution in [2.45, 2.75) is 25.8 Å². The molecule has 0 unspecified atom stereocenters. The molecule has 2 aromatic rings. The molecule has 1 N–H and O–H groups in total. The Hall–Kier alpha value is -1.83. The van der Waals surface area contributed by atoms with E-state index >= 15 is 0 Å². The second kappa shape index (κ2) is 8.03. The van der Waals surface area contributed by atoms with Crippen molar-refractivity contribution in [3.63, 3.8) is 0 Å². The molecule has 0 aliphatic carbocycles. The Morgan fingerprint density at radius 1 is 1.40 bits per heavy atom. The van der Waals surface area contributed by atoms with E-state index in [0.29, 0.717) is 13.0 Å². The number of hydrogen-bond acceptors (Lipinski definition) is 6. The maximum absolute atomic E-state index is 12.3. The number of nitrogens with one attached hydrogen (secondary N) is 1. The molecular weight excluding hydrogens is 336 g/mol. The molecule has 2 aromatic heterocycles. The first-order valence-electron chi connectivity index (χ1n) is 8.49. The molecule has 1 saturated heterocycles. The maximum Gasteiger partial charge on any atom is 0.226 e. The summed E-state index contributed by atoms with van der Waals surface area (Å²) in [6.45, 7) is 8.25. The first kappa shape index (κ1) is 18.0. The summed E-state index contributed by atoms with van der Waals surface area (Å²) in [6, 6.07) is 3.86.